The predicted octanol–water partition coefficient (Wildman–Crippen LogP) is 1.27. The summed E-state index contributed by atoms with van der Waals surface area (Å²) in [6.45, 7) is 5.85. The highest BCUT2D eigenvalue weighted by atomic mass is 79.9. The average molecular weight is 383 g/mol. The molecule has 1 aliphatic rings. The van der Waals surface area contributed by atoms with Crippen molar-refractivity contribution in [1.29, 1.82) is 0 Å². The van der Waals surface area contributed by atoms with Gasteiger partial charge in [0.1, 0.15) is 0 Å². The van der Waals surface area contributed by atoms with E-state index in [9.17, 15) is 9.59 Å². The summed E-state index contributed by atoms with van der Waals surface area (Å²) in [6.07, 6.45) is 0.451. The minimum Gasteiger partial charge on any atom is -0.368 e. The van der Waals surface area contributed by atoms with E-state index in [-0.39, 0.29) is 17.9 Å². The molecule has 126 valence electrons. The number of hydrogen-bond donors (Lipinski definition) is 2. The second-order valence-corrected chi connectivity index (χ2v) is 6.59. The van der Waals surface area contributed by atoms with Gasteiger partial charge in [-0.25, -0.2) is 0 Å². The molecule has 23 heavy (non-hydrogen) atoms. The molecular weight excluding hydrogens is 360 g/mol. The Morgan fingerprint density at radius 3 is 2.52 bits per heavy atom. The number of carbonyl (C=O) groups excluding carboxylic acids is 2. The maximum absolute atomic E-state index is 12.0. The van der Waals surface area contributed by atoms with Crippen molar-refractivity contribution < 1.29 is 9.59 Å². The molecule has 1 unspecified atom stereocenters. The van der Waals surface area contributed by atoms with Gasteiger partial charge in [-0.15, -0.1) is 0 Å². The fourth-order valence-electron chi connectivity index (χ4n) is 2.59. The van der Waals surface area contributed by atoms with Crippen molar-refractivity contribution in [2.75, 3.05) is 38.0 Å². The summed E-state index contributed by atoms with van der Waals surface area (Å²) < 4.78 is 0.877. The van der Waals surface area contributed by atoms with Gasteiger partial charge in [-0.05, 0) is 35.0 Å². The van der Waals surface area contributed by atoms with Crippen molar-refractivity contribution in [2.45, 2.75) is 19.4 Å². The summed E-state index contributed by atoms with van der Waals surface area (Å²) in [7, 11) is 0. The van der Waals surface area contributed by atoms with Crippen molar-refractivity contribution in [1.82, 2.24) is 9.80 Å². The zero-order valence-electron chi connectivity index (χ0n) is 13.3. The van der Waals surface area contributed by atoms with Gasteiger partial charge in [-0.3, -0.25) is 14.5 Å². The fourth-order valence-corrected chi connectivity index (χ4v) is 2.97. The van der Waals surface area contributed by atoms with Gasteiger partial charge >= 0.3 is 0 Å². The van der Waals surface area contributed by atoms with Gasteiger partial charge in [0.2, 0.25) is 11.8 Å². The van der Waals surface area contributed by atoms with Gasteiger partial charge in [0, 0.05) is 43.6 Å². The summed E-state index contributed by atoms with van der Waals surface area (Å²) in [4.78, 5) is 27.6. The minimum absolute atomic E-state index is 0.00448. The number of hydrogen-bond acceptors (Lipinski definition) is 4. The van der Waals surface area contributed by atoms with Crippen molar-refractivity contribution >= 4 is 33.4 Å². The first-order chi connectivity index (χ1) is 11.0. The summed E-state index contributed by atoms with van der Waals surface area (Å²) in [6, 6.07) is 7.34. The largest absolute Gasteiger partial charge is 0.368 e. The average Bonchev–Trinajstić information content (AvgIpc) is 2.55. The lowest BCUT2D eigenvalue weighted by atomic mass is 10.2. The van der Waals surface area contributed by atoms with Crippen LogP contribution < -0.4 is 11.1 Å². The molecule has 1 aromatic rings. The number of amides is 2. The number of nitrogens with zero attached hydrogens (tertiary/aromatic N) is 2. The Bertz CT molecular complexity index is 559. The highest BCUT2D eigenvalue weighted by Gasteiger charge is 2.24. The molecule has 6 nitrogen and oxygen atoms in total. The zero-order valence-corrected chi connectivity index (χ0v) is 14.9. The first-order valence-corrected chi connectivity index (χ1v) is 8.57. The summed E-state index contributed by atoms with van der Waals surface area (Å²) >= 11 is 3.42. The number of piperazine rings is 1. The molecule has 0 spiro atoms. The van der Waals surface area contributed by atoms with Gasteiger partial charge in [0.15, 0.2) is 0 Å². The van der Waals surface area contributed by atoms with Crippen LogP contribution in [0.1, 0.15) is 13.3 Å². The Morgan fingerprint density at radius 2 is 1.91 bits per heavy atom. The molecule has 1 atom stereocenters. The second kappa shape index (κ2) is 8.42. The van der Waals surface area contributed by atoms with E-state index in [1.165, 1.54) is 0 Å². The van der Waals surface area contributed by atoms with Crippen LogP contribution in [0.3, 0.4) is 0 Å². The van der Waals surface area contributed by atoms with Crippen LogP contribution in [-0.4, -0.2) is 60.4 Å². The molecule has 3 N–H and O–H groups in total. The van der Waals surface area contributed by atoms with Crippen molar-refractivity contribution in [3.05, 3.63) is 28.7 Å². The topological polar surface area (TPSA) is 78.7 Å². The smallest absolute Gasteiger partial charge is 0.234 e. The predicted molar refractivity (Wildman–Crippen MR) is 94.1 cm³/mol. The van der Waals surface area contributed by atoms with Crippen LogP contribution >= 0.6 is 15.9 Å². The fraction of sp³-hybridized carbons (Fsp3) is 0.500. The highest BCUT2D eigenvalue weighted by Crippen LogP contribution is 2.21. The Hall–Kier alpha value is -1.44. The number of nitrogens with two attached hydrogens (primary N) is 1. The molecule has 7 heteroatoms. The molecule has 0 aromatic heterocycles. The molecule has 2 rings (SSSR count). The lowest BCUT2D eigenvalue weighted by Crippen LogP contribution is -2.53. The number of halogens is 1. The van der Waals surface area contributed by atoms with Crippen LogP contribution in [0.25, 0.3) is 0 Å². The Morgan fingerprint density at radius 1 is 1.26 bits per heavy atom. The molecule has 0 aliphatic carbocycles. The molecule has 2 amide bonds. The maximum Gasteiger partial charge on any atom is 0.234 e. The molecular formula is C16H23BrN4O2. The molecule has 1 saturated heterocycles. The quantitative estimate of drug-likeness (QED) is 0.776. The number of primary amides is 1. The van der Waals surface area contributed by atoms with Crippen LogP contribution in [0, 0.1) is 0 Å². The Kier molecular flexibility index (Phi) is 6.56. The number of para-hydroxylation sites is 1. The van der Waals surface area contributed by atoms with Gasteiger partial charge in [-0.2, -0.15) is 0 Å². The molecule has 1 heterocycles. The van der Waals surface area contributed by atoms with E-state index in [1.807, 2.05) is 31.2 Å². The molecule has 1 aliphatic heterocycles. The number of benzene rings is 1. The van der Waals surface area contributed by atoms with E-state index in [4.69, 9.17) is 5.73 Å². The molecule has 1 fully saturated rings. The van der Waals surface area contributed by atoms with Crippen LogP contribution in [0.2, 0.25) is 0 Å². The first-order valence-electron chi connectivity index (χ1n) is 7.77. The van der Waals surface area contributed by atoms with Crippen molar-refractivity contribution in [3.63, 3.8) is 0 Å². The molecule has 0 radical (unpaired) electrons. The van der Waals surface area contributed by atoms with E-state index >= 15 is 0 Å². The van der Waals surface area contributed by atoms with Crippen LogP contribution in [0.15, 0.2) is 28.7 Å². The first kappa shape index (κ1) is 17.9. The maximum atomic E-state index is 12.0. The van der Waals surface area contributed by atoms with E-state index in [0.29, 0.717) is 6.42 Å². The number of carbonyl (C=O) groups is 2. The monoisotopic (exact) mass is 382 g/mol. The zero-order chi connectivity index (χ0) is 16.8. The van der Waals surface area contributed by atoms with Crippen LogP contribution in [0.4, 0.5) is 5.69 Å². The van der Waals surface area contributed by atoms with Crippen LogP contribution in [0.5, 0.6) is 0 Å². The lowest BCUT2D eigenvalue weighted by molar-refractivity contribution is -0.123. The van der Waals surface area contributed by atoms with Gasteiger partial charge in [-0.1, -0.05) is 12.1 Å². The normalized spacial score (nSPS) is 17.7. The summed E-state index contributed by atoms with van der Waals surface area (Å²) in [5, 5.41) is 2.91. The second-order valence-electron chi connectivity index (χ2n) is 5.73. The minimum atomic E-state index is -0.286. The van der Waals surface area contributed by atoms with E-state index < -0.39 is 0 Å². The standard InChI is InChI=1S/C16H23BrN4O2/c1-12(16(18)23)21-10-8-20(9-11-21)7-6-15(22)19-14-5-3-2-4-13(14)17/h2-5,12H,6-11H2,1H3,(H2,18,23)(H,19,22). The van der Waals surface area contributed by atoms with Gasteiger partial charge in [0.25, 0.3) is 0 Å². The Balaban J connectivity index is 1.72. The number of rotatable bonds is 6. The highest BCUT2D eigenvalue weighted by molar-refractivity contribution is 9.10. The summed E-state index contributed by atoms with van der Waals surface area (Å²) in [5.74, 6) is -0.281. The molecule has 1 aromatic carbocycles. The molecule has 0 saturated carbocycles. The third kappa shape index (κ3) is 5.30. The lowest BCUT2D eigenvalue weighted by Gasteiger charge is -2.36. The van der Waals surface area contributed by atoms with E-state index in [2.05, 4.69) is 31.0 Å². The summed E-state index contributed by atoms with van der Waals surface area (Å²) in [5.41, 5.74) is 6.12. The number of anilines is 1. The van der Waals surface area contributed by atoms with Crippen molar-refractivity contribution in [3.8, 4) is 0 Å². The SMILES string of the molecule is CC(C(N)=O)N1CCN(CCC(=O)Nc2ccccc2Br)CC1. The van der Waals surface area contributed by atoms with Gasteiger partial charge in [0.05, 0.1) is 11.7 Å². The van der Waals surface area contributed by atoms with Crippen molar-refractivity contribution in [2.24, 2.45) is 5.73 Å². The van der Waals surface area contributed by atoms with Crippen LogP contribution in [-0.2, 0) is 9.59 Å². The number of nitrogens with one attached hydrogen (secondary N) is 1. The molecule has 0 bridgehead atoms. The third-order valence-electron chi connectivity index (χ3n) is 4.17. The Labute approximate surface area is 145 Å². The van der Waals surface area contributed by atoms with Gasteiger partial charge < -0.3 is 16.0 Å². The third-order valence-corrected chi connectivity index (χ3v) is 4.86. The van der Waals surface area contributed by atoms with E-state index in [0.717, 1.165) is 42.9 Å². The van der Waals surface area contributed by atoms with E-state index in [1.54, 1.807) is 0 Å².